The molecule has 0 aliphatic carbocycles. The van der Waals surface area contributed by atoms with Crippen LogP contribution in [0, 0.1) is 0 Å². The molecule has 0 radical (unpaired) electrons. The van der Waals surface area contributed by atoms with Crippen LogP contribution in [0.3, 0.4) is 0 Å². The van der Waals surface area contributed by atoms with Crippen molar-refractivity contribution in [3.8, 4) is 0 Å². The summed E-state index contributed by atoms with van der Waals surface area (Å²) in [6.45, 7) is 0.00316. The minimum atomic E-state index is 0.00278. The van der Waals surface area contributed by atoms with Gasteiger partial charge < -0.3 is 10.1 Å². The van der Waals surface area contributed by atoms with Gasteiger partial charge in [0.2, 0.25) is 0 Å². The van der Waals surface area contributed by atoms with E-state index in [0.29, 0.717) is 5.39 Å². The first-order valence-corrected chi connectivity index (χ1v) is 4.70. The Morgan fingerprint density at radius 2 is 2.20 bits per heavy atom. The molecule has 2 aromatic rings. The second-order valence-electron chi connectivity index (χ2n) is 3.23. The summed E-state index contributed by atoms with van der Waals surface area (Å²) >= 11 is 0. The van der Waals surface area contributed by atoms with Crippen molar-refractivity contribution in [2.24, 2.45) is 0 Å². The predicted molar refractivity (Wildman–Crippen MR) is 60.7 cm³/mol. The molecule has 0 unspecified atom stereocenters. The predicted octanol–water partition coefficient (Wildman–Crippen LogP) is 1.53. The number of benzene rings is 1. The van der Waals surface area contributed by atoms with Crippen LogP contribution in [0.25, 0.3) is 17.0 Å². The Kier molecular flexibility index (Phi) is 2.65. The Morgan fingerprint density at radius 3 is 3.00 bits per heavy atom. The van der Waals surface area contributed by atoms with E-state index in [2.05, 4.69) is 4.98 Å². The van der Waals surface area contributed by atoms with Crippen molar-refractivity contribution in [3.05, 3.63) is 52.3 Å². The lowest BCUT2D eigenvalue weighted by molar-refractivity contribution is 0.343. The first-order valence-electron chi connectivity index (χ1n) is 4.70. The Balaban J connectivity index is 2.60. The quantitative estimate of drug-likeness (QED) is 0.774. The van der Waals surface area contributed by atoms with E-state index < -0.39 is 0 Å². The van der Waals surface area contributed by atoms with Gasteiger partial charge in [-0.05, 0) is 17.7 Å². The van der Waals surface area contributed by atoms with Crippen LogP contribution < -0.4 is 5.43 Å². The van der Waals surface area contributed by atoms with E-state index in [-0.39, 0.29) is 12.0 Å². The minimum absolute atomic E-state index is 0.00278. The average molecular weight is 201 g/mol. The molecule has 1 aromatic heterocycles. The largest absolute Gasteiger partial charge is 0.392 e. The molecule has 2 N–H and O–H groups in total. The van der Waals surface area contributed by atoms with Gasteiger partial charge in [0.25, 0.3) is 0 Å². The minimum Gasteiger partial charge on any atom is -0.392 e. The van der Waals surface area contributed by atoms with Crippen LogP contribution >= 0.6 is 0 Å². The Labute approximate surface area is 86.7 Å². The molecule has 0 spiro atoms. The third kappa shape index (κ3) is 1.97. The van der Waals surface area contributed by atoms with Crippen LogP contribution in [0.5, 0.6) is 0 Å². The molecule has 1 heterocycles. The van der Waals surface area contributed by atoms with Crippen molar-refractivity contribution in [1.29, 1.82) is 0 Å². The molecule has 0 bridgehead atoms. The number of aromatic nitrogens is 1. The number of H-pyrrole nitrogens is 1. The second-order valence-corrected chi connectivity index (χ2v) is 3.23. The van der Waals surface area contributed by atoms with Crippen LogP contribution in [0.1, 0.15) is 5.56 Å². The van der Waals surface area contributed by atoms with E-state index in [4.69, 9.17) is 5.11 Å². The molecule has 15 heavy (non-hydrogen) atoms. The molecule has 2 rings (SSSR count). The van der Waals surface area contributed by atoms with E-state index in [1.54, 1.807) is 24.4 Å². The van der Waals surface area contributed by atoms with Gasteiger partial charge in [-0.15, -0.1) is 0 Å². The maximum atomic E-state index is 11.5. The van der Waals surface area contributed by atoms with Gasteiger partial charge in [0.1, 0.15) is 0 Å². The molecule has 76 valence electrons. The third-order valence-electron chi connectivity index (χ3n) is 2.20. The molecule has 0 amide bonds. The van der Waals surface area contributed by atoms with Crippen LogP contribution in [0.4, 0.5) is 0 Å². The fourth-order valence-corrected chi connectivity index (χ4v) is 1.48. The summed E-state index contributed by atoms with van der Waals surface area (Å²) < 4.78 is 0. The summed E-state index contributed by atoms with van der Waals surface area (Å²) in [6.07, 6.45) is 5.05. The third-order valence-corrected chi connectivity index (χ3v) is 2.20. The summed E-state index contributed by atoms with van der Waals surface area (Å²) in [6, 6.07) is 7.06. The molecule has 3 nitrogen and oxygen atoms in total. The zero-order valence-electron chi connectivity index (χ0n) is 8.10. The summed E-state index contributed by atoms with van der Waals surface area (Å²) in [5.74, 6) is 0. The number of hydrogen-bond acceptors (Lipinski definition) is 2. The summed E-state index contributed by atoms with van der Waals surface area (Å²) in [5, 5.41) is 9.31. The maximum absolute atomic E-state index is 11.5. The highest BCUT2D eigenvalue weighted by atomic mass is 16.2. The number of rotatable bonds is 2. The Morgan fingerprint density at radius 1 is 1.33 bits per heavy atom. The second kappa shape index (κ2) is 4.11. The highest BCUT2D eigenvalue weighted by molar-refractivity contribution is 5.80. The molecule has 3 heteroatoms. The number of fused-ring (bicyclic) bond motifs is 1. The van der Waals surface area contributed by atoms with Gasteiger partial charge in [-0.1, -0.05) is 18.2 Å². The molecule has 1 aromatic carbocycles. The smallest absolute Gasteiger partial charge is 0.189 e. The van der Waals surface area contributed by atoms with Crippen molar-refractivity contribution in [2.45, 2.75) is 0 Å². The first-order chi connectivity index (χ1) is 7.31. The van der Waals surface area contributed by atoms with Gasteiger partial charge >= 0.3 is 0 Å². The van der Waals surface area contributed by atoms with E-state index in [9.17, 15) is 4.79 Å². The van der Waals surface area contributed by atoms with Gasteiger partial charge in [0.05, 0.1) is 6.61 Å². The number of aromatic amines is 1. The molecule has 0 fully saturated rings. The summed E-state index contributed by atoms with van der Waals surface area (Å²) in [5.41, 5.74) is 1.74. The molecule has 0 aliphatic heterocycles. The topological polar surface area (TPSA) is 53.1 Å². The van der Waals surface area contributed by atoms with Crippen molar-refractivity contribution >= 4 is 17.0 Å². The average Bonchev–Trinajstić information content (AvgIpc) is 2.27. The fourth-order valence-electron chi connectivity index (χ4n) is 1.48. The van der Waals surface area contributed by atoms with Gasteiger partial charge in [0, 0.05) is 23.2 Å². The van der Waals surface area contributed by atoms with Gasteiger partial charge in [-0.3, -0.25) is 4.79 Å². The van der Waals surface area contributed by atoms with Crippen molar-refractivity contribution in [2.75, 3.05) is 6.61 Å². The van der Waals surface area contributed by atoms with Crippen LogP contribution in [0.2, 0.25) is 0 Å². The number of pyridine rings is 1. The zero-order valence-corrected chi connectivity index (χ0v) is 8.10. The SMILES string of the molecule is O=c1cc[nH]c2ccc(C=CCO)cc12. The Hall–Kier alpha value is -1.87. The standard InChI is InChI=1S/C12H11NO2/c14-7-1-2-9-3-4-11-10(8-9)12(15)5-6-13-11/h1-6,8,14H,7H2,(H,13,15). The first kappa shape index (κ1) is 9.68. The highest BCUT2D eigenvalue weighted by Crippen LogP contribution is 2.10. The lowest BCUT2D eigenvalue weighted by Gasteiger charge is -1.98. The van der Waals surface area contributed by atoms with Gasteiger partial charge in [0.15, 0.2) is 5.43 Å². The summed E-state index contributed by atoms with van der Waals surface area (Å²) in [4.78, 5) is 14.5. The van der Waals surface area contributed by atoms with E-state index >= 15 is 0 Å². The number of nitrogens with one attached hydrogen (secondary N) is 1. The number of hydrogen-bond donors (Lipinski definition) is 2. The number of aliphatic hydroxyl groups excluding tert-OH is 1. The van der Waals surface area contributed by atoms with Crippen LogP contribution in [-0.2, 0) is 0 Å². The van der Waals surface area contributed by atoms with Gasteiger partial charge in [-0.25, -0.2) is 0 Å². The van der Waals surface area contributed by atoms with Crippen LogP contribution in [0.15, 0.2) is 41.3 Å². The monoisotopic (exact) mass is 201 g/mol. The van der Waals surface area contributed by atoms with Crippen molar-refractivity contribution in [3.63, 3.8) is 0 Å². The lowest BCUT2D eigenvalue weighted by Crippen LogP contribution is -1.99. The van der Waals surface area contributed by atoms with Crippen molar-refractivity contribution in [1.82, 2.24) is 4.98 Å². The van der Waals surface area contributed by atoms with Gasteiger partial charge in [-0.2, -0.15) is 0 Å². The molecule has 0 saturated carbocycles. The number of aliphatic hydroxyl groups is 1. The highest BCUT2D eigenvalue weighted by Gasteiger charge is 1.97. The maximum Gasteiger partial charge on any atom is 0.189 e. The molecule has 0 atom stereocenters. The normalized spacial score (nSPS) is 11.3. The van der Waals surface area contributed by atoms with E-state index in [0.717, 1.165) is 11.1 Å². The zero-order chi connectivity index (χ0) is 10.7. The molecular weight excluding hydrogens is 190 g/mol. The van der Waals surface area contributed by atoms with Crippen molar-refractivity contribution < 1.29 is 5.11 Å². The molecule has 0 saturated heterocycles. The van der Waals surface area contributed by atoms with E-state index in [1.807, 2.05) is 12.1 Å². The van der Waals surface area contributed by atoms with Crippen LogP contribution in [-0.4, -0.2) is 16.7 Å². The molecule has 0 aliphatic rings. The Bertz CT molecular complexity index is 555. The lowest BCUT2D eigenvalue weighted by atomic mass is 10.1. The fraction of sp³-hybridized carbons (Fsp3) is 0.0833. The summed E-state index contributed by atoms with van der Waals surface area (Å²) in [7, 11) is 0. The van der Waals surface area contributed by atoms with E-state index in [1.165, 1.54) is 6.07 Å². The molecular formula is C12H11NO2.